The van der Waals surface area contributed by atoms with Crippen molar-refractivity contribution in [3.8, 4) is 5.75 Å². The molecular weight excluding hydrogens is 362 g/mol. The molecule has 2 aromatic carbocycles. The number of methoxy groups -OCH3 is 1. The lowest BCUT2D eigenvalue weighted by Gasteiger charge is -2.36. The van der Waals surface area contributed by atoms with Gasteiger partial charge in [0.1, 0.15) is 11.9 Å². The number of nitrogens with zero attached hydrogens (tertiary/aromatic N) is 2. The molecule has 0 spiro atoms. The van der Waals surface area contributed by atoms with E-state index in [-0.39, 0.29) is 18.2 Å². The number of hydrogen-bond donors (Lipinski definition) is 1. The highest BCUT2D eigenvalue weighted by molar-refractivity contribution is 7.22. The van der Waals surface area contributed by atoms with Crippen molar-refractivity contribution in [2.24, 2.45) is 0 Å². The van der Waals surface area contributed by atoms with Crippen molar-refractivity contribution < 1.29 is 14.3 Å². The number of thiazole rings is 1. The van der Waals surface area contributed by atoms with Gasteiger partial charge in [-0.15, -0.1) is 0 Å². The van der Waals surface area contributed by atoms with E-state index in [2.05, 4.69) is 10.3 Å². The van der Waals surface area contributed by atoms with Crippen molar-refractivity contribution in [1.29, 1.82) is 0 Å². The molecule has 0 saturated carbocycles. The van der Waals surface area contributed by atoms with Crippen LogP contribution in [-0.4, -0.2) is 42.2 Å². The summed E-state index contributed by atoms with van der Waals surface area (Å²) in [4.78, 5) is 19.1. The van der Waals surface area contributed by atoms with E-state index < -0.39 is 0 Å². The van der Waals surface area contributed by atoms with Crippen LogP contribution in [0.3, 0.4) is 0 Å². The number of rotatable bonds is 3. The predicted molar refractivity (Wildman–Crippen MR) is 106 cm³/mol. The maximum Gasteiger partial charge on any atom is 0.323 e. The normalized spacial score (nSPS) is 19.9. The molecule has 0 aliphatic carbocycles. The summed E-state index contributed by atoms with van der Waals surface area (Å²) in [5, 5.41) is 3.51. The topological polar surface area (TPSA) is 63.7 Å². The highest BCUT2D eigenvalue weighted by Crippen LogP contribution is 2.30. The molecule has 1 fully saturated rings. The molecule has 4 rings (SSSR count). The number of nitrogens with one attached hydrogen (secondary N) is 1. The number of fused-ring (bicyclic) bond motifs is 1. The van der Waals surface area contributed by atoms with Crippen LogP contribution < -0.4 is 10.1 Å². The Labute approximate surface area is 161 Å². The van der Waals surface area contributed by atoms with E-state index in [1.54, 1.807) is 12.0 Å². The average molecular weight is 383 g/mol. The molecule has 2 amide bonds. The lowest BCUT2D eigenvalue weighted by atomic mass is 10.1. The van der Waals surface area contributed by atoms with Gasteiger partial charge in [0, 0.05) is 6.54 Å². The van der Waals surface area contributed by atoms with Crippen LogP contribution in [-0.2, 0) is 4.74 Å². The van der Waals surface area contributed by atoms with Gasteiger partial charge in [-0.2, -0.15) is 0 Å². The summed E-state index contributed by atoms with van der Waals surface area (Å²) < 4.78 is 12.2. The van der Waals surface area contributed by atoms with E-state index >= 15 is 0 Å². The molecule has 0 radical (unpaired) electrons. The number of amides is 2. The number of carbonyl (C=O) groups is 1. The molecule has 7 heteroatoms. The van der Waals surface area contributed by atoms with Crippen molar-refractivity contribution in [1.82, 2.24) is 9.88 Å². The standard InChI is InChI=1S/C20H21N3O3S/c1-13-11-23(12-17(26-13)14-6-4-3-5-7-14)20(24)22-19-21-16-9-8-15(25-2)10-18(16)27-19/h3-10,13,17H,11-12H2,1-2H3,(H,21,22,24)/t13-,17-/m1/s1. The molecule has 1 aliphatic rings. The lowest BCUT2D eigenvalue weighted by Crippen LogP contribution is -2.47. The van der Waals surface area contributed by atoms with E-state index in [4.69, 9.17) is 9.47 Å². The summed E-state index contributed by atoms with van der Waals surface area (Å²) in [7, 11) is 1.63. The van der Waals surface area contributed by atoms with E-state index in [0.29, 0.717) is 18.2 Å². The Morgan fingerprint density at radius 3 is 2.85 bits per heavy atom. The Morgan fingerprint density at radius 1 is 1.26 bits per heavy atom. The number of morpholine rings is 1. The number of urea groups is 1. The molecule has 6 nitrogen and oxygen atoms in total. The van der Waals surface area contributed by atoms with Crippen LogP contribution in [0.5, 0.6) is 5.75 Å². The first-order chi connectivity index (χ1) is 13.1. The fourth-order valence-corrected chi connectivity index (χ4v) is 4.11. The zero-order valence-corrected chi connectivity index (χ0v) is 16.0. The molecule has 0 bridgehead atoms. The largest absolute Gasteiger partial charge is 0.497 e. The summed E-state index contributed by atoms with van der Waals surface area (Å²) in [6.45, 7) is 3.05. The first-order valence-corrected chi connectivity index (χ1v) is 9.65. The lowest BCUT2D eigenvalue weighted by molar-refractivity contribution is -0.0642. The molecule has 2 heterocycles. The van der Waals surface area contributed by atoms with Crippen LogP contribution >= 0.6 is 11.3 Å². The number of carbonyl (C=O) groups excluding carboxylic acids is 1. The van der Waals surface area contributed by atoms with E-state index in [1.165, 1.54) is 11.3 Å². The second-order valence-corrected chi connectivity index (χ2v) is 7.56. The van der Waals surface area contributed by atoms with Crippen molar-refractivity contribution in [3.05, 3.63) is 54.1 Å². The van der Waals surface area contributed by atoms with E-state index in [0.717, 1.165) is 21.5 Å². The number of aromatic nitrogens is 1. The van der Waals surface area contributed by atoms with Gasteiger partial charge in [-0.3, -0.25) is 5.32 Å². The van der Waals surface area contributed by atoms with Gasteiger partial charge in [-0.1, -0.05) is 41.7 Å². The quantitative estimate of drug-likeness (QED) is 0.732. The Morgan fingerprint density at radius 2 is 2.07 bits per heavy atom. The number of hydrogen-bond acceptors (Lipinski definition) is 5. The van der Waals surface area contributed by atoms with E-state index in [9.17, 15) is 4.79 Å². The van der Waals surface area contributed by atoms with Gasteiger partial charge in [0.2, 0.25) is 0 Å². The fourth-order valence-electron chi connectivity index (χ4n) is 3.22. The van der Waals surface area contributed by atoms with Crippen LogP contribution in [0.1, 0.15) is 18.6 Å². The fraction of sp³-hybridized carbons (Fsp3) is 0.300. The summed E-state index contributed by atoms with van der Waals surface area (Å²) in [6, 6.07) is 15.5. The smallest absolute Gasteiger partial charge is 0.323 e. The maximum atomic E-state index is 12.8. The summed E-state index contributed by atoms with van der Waals surface area (Å²) in [5.74, 6) is 0.775. The van der Waals surface area contributed by atoms with Crippen LogP contribution in [0.25, 0.3) is 10.2 Å². The van der Waals surface area contributed by atoms with Gasteiger partial charge >= 0.3 is 6.03 Å². The predicted octanol–water partition coefficient (Wildman–Crippen LogP) is 4.30. The third-order valence-electron chi connectivity index (χ3n) is 4.53. The molecule has 0 unspecified atom stereocenters. The third kappa shape index (κ3) is 3.89. The molecule has 1 saturated heterocycles. The number of benzene rings is 2. The number of ether oxygens (including phenoxy) is 2. The minimum absolute atomic E-state index is 0.0330. The summed E-state index contributed by atoms with van der Waals surface area (Å²) in [6.07, 6.45) is -0.158. The Balaban J connectivity index is 1.48. The minimum Gasteiger partial charge on any atom is -0.497 e. The van der Waals surface area contributed by atoms with Gasteiger partial charge in [0.25, 0.3) is 0 Å². The van der Waals surface area contributed by atoms with Crippen molar-refractivity contribution in [3.63, 3.8) is 0 Å². The van der Waals surface area contributed by atoms with Gasteiger partial charge in [0.15, 0.2) is 5.13 Å². The average Bonchev–Trinajstić information content (AvgIpc) is 3.09. The molecule has 1 aliphatic heterocycles. The van der Waals surface area contributed by atoms with Gasteiger partial charge in [-0.05, 0) is 30.7 Å². The van der Waals surface area contributed by atoms with Crippen LogP contribution in [0.4, 0.5) is 9.93 Å². The summed E-state index contributed by atoms with van der Waals surface area (Å²) >= 11 is 1.44. The third-order valence-corrected chi connectivity index (χ3v) is 5.46. The molecule has 3 aromatic rings. The number of anilines is 1. The Hall–Kier alpha value is -2.64. The monoisotopic (exact) mass is 383 g/mol. The first kappa shape index (κ1) is 17.8. The highest BCUT2D eigenvalue weighted by Gasteiger charge is 2.29. The Bertz CT molecular complexity index is 944. The zero-order chi connectivity index (χ0) is 18.8. The first-order valence-electron chi connectivity index (χ1n) is 8.83. The maximum absolute atomic E-state index is 12.8. The highest BCUT2D eigenvalue weighted by atomic mass is 32.1. The van der Waals surface area contributed by atoms with Crippen LogP contribution in [0.2, 0.25) is 0 Å². The minimum atomic E-state index is -0.155. The van der Waals surface area contributed by atoms with Crippen molar-refractivity contribution in [2.45, 2.75) is 19.1 Å². The molecular formula is C20H21N3O3S. The van der Waals surface area contributed by atoms with Gasteiger partial charge < -0.3 is 14.4 Å². The van der Waals surface area contributed by atoms with Crippen molar-refractivity contribution in [2.75, 3.05) is 25.5 Å². The molecule has 27 heavy (non-hydrogen) atoms. The molecule has 2 atom stereocenters. The zero-order valence-electron chi connectivity index (χ0n) is 15.2. The molecule has 1 N–H and O–H groups in total. The Kier molecular flexibility index (Phi) is 4.96. The van der Waals surface area contributed by atoms with Crippen LogP contribution in [0.15, 0.2) is 48.5 Å². The van der Waals surface area contributed by atoms with E-state index in [1.807, 2.05) is 55.5 Å². The van der Waals surface area contributed by atoms with Gasteiger partial charge in [-0.25, -0.2) is 9.78 Å². The van der Waals surface area contributed by atoms with Gasteiger partial charge in [0.05, 0.1) is 30.0 Å². The summed E-state index contributed by atoms with van der Waals surface area (Å²) in [5.41, 5.74) is 1.92. The molecule has 1 aromatic heterocycles. The van der Waals surface area contributed by atoms with Crippen LogP contribution in [0, 0.1) is 0 Å². The second-order valence-electron chi connectivity index (χ2n) is 6.53. The van der Waals surface area contributed by atoms with Crippen molar-refractivity contribution >= 4 is 32.7 Å². The second kappa shape index (κ2) is 7.54. The molecule has 140 valence electrons. The SMILES string of the molecule is COc1ccc2nc(NC(=O)N3C[C@@H](C)O[C@@H](c4ccccc4)C3)sc2c1.